The fraction of sp³-hybridized carbons (Fsp3) is 1.00. The van der Waals surface area contributed by atoms with Crippen molar-refractivity contribution in [3.8, 4) is 0 Å². The number of rotatable bonds is 1. The van der Waals surface area contributed by atoms with E-state index in [0.717, 1.165) is 11.8 Å². The van der Waals surface area contributed by atoms with E-state index in [-0.39, 0.29) is 0 Å². The second-order valence-electron chi connectivity index (χ2n) is 5.88. The molecule has 1 saturated carbocycles. The van der Waals surface area contributed by atoms with E-state index in [4.69, 9.17) is 0 Å². The zero-order chi connectivity index (χ0) is 8.86. The van der Waals surface area contributed by atoms with E-state index in [1.165, 1.54) is 6.42 Å². The summed E-state index contributed by atoms with van der Waals surface area (Å²) in [7, 11) is 0. The molecule has 0 amide bonds. The Morgan fingerprint density at radius 2 is 1.36 bits per heavy atom. The average molecular weight is 154 g/mol. The van der Waals surface area contributed by atoms with Crippen molar-refractivity contribution < 1.29 is 0 Å². The molecule has 66 valence electrons. The van der Waals surface area contributed by atoms with Gasteiger partial charge in [0.25, 0.3) is 0 Å². The summed E-state index contributed by atoms with van der Waals surface area (Å²) in [5.74, 6) is 1.75. The third-order valence-electron chi connectivity index (χ3n) is 3.26. The van der Waals surface area contributed by atoms with Gasteiger partial charge in [0.2, 0.25) is 0 Å². The van der Waals surface area contributed by atoms with Gasteiger partial charge in [0.1, 0.15) is 0 Å². The van der Waals surface area contributed by atoms with Gasteiger partial charge in [-0.1, -0.05) is 41.5 Å². The Balaban J connectivity index is 2.73. The molecule has 0 nitrogen and oxygen atoms in total. The lowest BCUT2D eigenvalue weighted by Gasteiger charge is -2.60. The molecule has 0 aromatic rings. The minimum atomic E-state index is 0.595. The zero-order valence-electron chi connectivity index (χ0n) is 8.86. The molecule has 11 heavy (non-hydrogen) atoms. The van der Waals surface area contributed by atoms with Crippen LogP contribution in [0.1, 0.15) is 48.0 Å². The molecule has 1 aliphatic carbocycles. The highest BCUT2D eigenvalue weighted by Crippen LogP contribution is 2.61. The first-order valence-corrected chi connectivity index (χ1v) is 4.77. The van der Waals surface area contributed by atoms with Gasteiger partial charge < -0.3 is 0 Å². The molecule has 1 rings (SSSR count). The average Bonchev–Trinajstić information content (AvgIpc) is 1.53. The van der Waals surface area contributed by atoms with Gasteiger partial charge in [0, 0.05) is 0 Å². The van der Waals surface area contributed by atoms with Crippen molar-refractivity contribution in [2.75, 3.05) is 0 Å². The van der Waals surface area contributed by atoms with E-state index in [0.29, 0.717) is 10.8 Å². The maximum Gasteiger partial charge on any atom is -0.0288 e. The minimum Gasteiger partial charge on any atom is -0.0625 e. The first-order valence-electron chi connectivity index (χ1n) is 4.77. The third kappa shape index (κ3) is 1.32. The topological polar surface area (TPSA) is 0 Å². The molecule has 0 atom stereocenters. The molecule has 0 aromatic carbocycles. The summed E-state index contributed by atoms with van der Waals surface area (Å²) in [6, 6.07) is 0. The lowest BCUT2D eigenvalue weighted by molar-refractivity contribution is -0.107. The summed E-state index contributed by atoms with van der Waals surface area (Å²) in [6.07, 6.45) is 1.39. The number of hydrogen-bond acceptors (Lipinski definition) is 0. The maximum atomic E-state index is 2.41. The summed E-state index contributed by atoms with van der Waals surface area (Å²) < 4.78 is 0. The second kappa shape index (κ2) is 2.24. The van der Waals surface area contributed by atoms with E-state index in [1.807, 2.05) is 0 Å². The Labute approximate surface area is 71.4 Å². The molecular weight excluding hydrogens is 132 g/mol. The number of hydrogen-bond donors (Lipinski definition) is 0. The maximum absolute atomic E-state index is 2.41. The van der Waals surface area contributed by atoms with E-state index in [1.54, 1.807) is 0 Å². The van der Waals surface area contributed by atoms with Crippen LogP contribution in [-0.4, -0.2) is 0 Å². The van der Waals surface area contributed by atoms with Gasteiger partial charge in [0.05, 0.1) is 0 Å². The van der Waals surface area contributed by atoms with Crippen LogP contribution in [0.2, 0.25) is 0 Å². The van der Waals surface area contributed by atoms with E-state index >= 15 is 0 Å². The van der Waals surface area contributed by atoms with Crippen LogP contribution < -0.4 is 0 Å². The highest BCUT2D eigenvalue weighted by Gasteiger charge is 2.53. The van der Waals surface area contributed by atoms with Gasteiger partial charge in [-0.25, -0.2) is 0 Å². The molecule has 0 unspecified atom stereocenters. The molecule has 0 heteroatoms. The first kappa shape index (κ1) is 9.09. The second-order valence-corrected chi connectivity index (χ2v) is 5.88. The Morgan fingerprint density at radius 1 is 1.00 bits per heavy atom. The van der Waals surface area contributed by atoms with Crippen LogP contribution in [0.4, 0.5) is 0 Å². The lowest BCUT2D eigenvalue weighted by atomic mass is 9.45. The van der Waals surface area contributed by atoms with Gasteiger partial charge in [-0.05, 0) is 29.1 Å². The van der Waals surface area contributed by atoms with Crippen molar-refractivity contribution in [3.63, 3.8) is 0 Å². The predicted molar refractivity (Wildman–Crippen MR) is 50.5 cm³/mol. The van der Waals surface area contributed by atoms with Crippen molar-refractivity contribution >= 4 is 0 Å². The molecule has 0 aromatic heterocycles. The van der Waals surface area contributed by atoms with Crippen molar-refractivity contribution in [2.24, 2.45) is 22.7 Å². The lowest BCUT2D eigenvalue weighted by Crippen LogP contribution is -2.52. The van der Waals surface area contributed by atoms with Crippen molar-refractivity contribution in [3.05, 3.63) is 0 Å². The van der Waals surface area contributed by atoms with E-state index < -0.39 is 0 Å². The van der Waals surface area contributed by atoms with E-state index in [2.05, 4.69) is 41.5 Å². The van der Waals surface area contributed by atoms with Crippen molar-refractivity contribution in [2.45, 2.75) is 48.0 Å². The quantitative estimate of drug-likeness (QED) is 0.540. The molecule has 1 aliphatic rings. The van der Waals surface area contributed by atoms with Gasteiger partial charge in [0.15, 0.2) is 0 Å². The molecule has 0 saturated heterocycles. The Morgan fingerprint density at radius 3 is 1.45 bits per heavy atom. The summed E-state index contributed by atoms with van der Waals surface area (Å²) in [4.78, 5) is 0. The van der Waals surface area contributed by atoms with Crippen molar-refractivity contribution in [1.29, 1.82) is 0 Å². The summed E-state index contributed by atoms with van der Waals surface area (Å²) >= 11 is 0. The molecule has 0 heterocycles. The van der Waals surface area contributed by atoms with E-state index in [9.17, 15) is 0 Å². The van der Waals surface area contributed by atoms with Crippen LogP contribution in [0.3, 0.4) is 0 Å². The Kier molecular flexibility index (Phi) is 1.85. The van der Waals surface area contributed by atoms with Crippen LogP contribution in [0.15, 0.2) is 0 Å². The predicted octanol–water partition coefficient (Wildman–Crippen LogP) is 3.71. The normalized spacial score (nSPS) is 28.6. The smallest absolute Gasteiger partial charge is 0.0288 e. The fourth-order valence-corrected chi connectivity index (χ4v) is 4.13. The summed E-state index contributed by atoms with van der Waals surface area (Å²) in [5.41, 5.74) is 1.19. The molecule has 0 radical (unpaired) electrons. The van der Waals surface area contributed by atoms with Crippen molar-refractivity contribution in [1.82, 2.24) is 0 Å². The van der Waals surface area contributed by atoms with Crippen LogP contribution in [0.25, 0.3) is 0 Å². The Bertz CT molecular complexity index is 137. The zero-order valence-corrected chi connectivity index (χ0v) is 8.86. The minimum absolute atomic E-state index is 0.595. The van der Waals surface area contributed by atoms with Gasteiger partial charge in [-0.2, -0.15) is 0 Å². The molecule has 0 aliphatic heterocycles. The van der Waals surface area contributed by atoms with Gasteiger partial charge >= 0.3 is 0 Å². The monoisotopic (exact) mass is 154 g/mol. The van der Waals surface area contributed by atoms with Crippen LogP contribution in [0.5, 0.6) is 0 Å². The highest BCUT2D eigenvalue weighted by molar-refractivity contribution is 5.02. The largest absolute Gasteiger partial charge is 0.0625 e. The molecule has 0 bridgehead atoms. The van der Waals surface area contributed by atoms with Gasteiger partial charge in [-0.3, -0.25) is 0 Å². The standard InChI is InChI=1S/C11H22/c1-8(2)9-10(3,4)7-11(9,5)6/h8-9H,7H2,1-6H3. The van der Waals surface area contributed by atoms with Crippen LogP contribution in [0, 0.1) is 22.7 Å². The summed E-state index contributed by atoms with van der Waals surface area (Å²) in [5, 5.41) is 0. The molecule has 0 spiro atoms. The molecule has 0 N–H and O–H groups in total. The Hall–Kier alpha value is 0. The first-order chi connectivity index (χ1) is 4.77. The third-order valence-corrected chi connectivity index (χ3v) is 3.26. The molecule has 1 fully saturated rings. The highest BCUT2D eigenvalue weighted by atomic mass is 14.6. The molecular formula is C11H22. The fourth-order valence-electron chi connectivity index (χ4n) is 4.13. The SMILES string of the molecule is CC(C)C1C(C)(C)CC1(C)C. The van der Waals surface area contributed by atoms with Crippen LogP contribution in [-0.2, 0) is 0 Å². The summed E-state index contributed by atoms with van der Waals surface area (Å²) in [6.45, 7) is 14.3. The van der Waals surface area contributed by atoms with Gasteiger partial charge in [-0.15, -0.1) is 0 Å². The van der Waals surface area contributed by atoms with Crippen LogP contribution >= 0.6 is 0 Å².